The van der Waals surface area contributed by atoms with Crippen LogP contribution in [0.4, 0.5) is 5.82 Å². The van der Waals surface area contributed by atoms with E-state index in [1.165, 1.54) is 0 Å². The molecule has 27 heavy (non-hydrogen) atoms. The van der Waals surface area contributed by atoms with Crippen molar-refractivity contribution in [3.63, 3.8) is 0 Å². The molecule has 0 atom stereocenters. The first-order valence-corrected chi connectivity index (χ1v) is 8.99. The van der Waals surface area contributed by atoms with Crippen LogP contribution in [0.5, 0.6) is 5.75 Å². The van der Waals surface area contributed by atoms with Crippen LogP contribution in [0.3, 0.4) is 0 Å². The number of nitrogens with one attached hydrogen (secondary N) is 1. The monoisotopic (exact) mass is 356 g/mol. The molecule has 5 nitrogen and oxygen atoms in total. The molecule has 4 aromatic rings. The Bertz CT molecular complexity index is 1010. The van der Waals surface area contributed by atoms with Crippen LogP contribution < -0.4 is 10.1 Å². The summed E-state index contributed by atoms with van der Waals surface area (Å²) in [5.41, 5.74) is 1.81. The highest BCUT2D eigenvalue weighted by molar-refractivity contribution is 5.90. The fraction of sp³-hybridized carbons (Fsp3) is 0.136. The molecule has 134 valence electrons. The maximum absolute atomic E-state index is 5.74. The molecule has 0 unspecified atom stereocenters. The molecule has 2 aromatic carbocycles. The van der Waals surface area contributed by atoms with Crippen molar-refractivity contribution in [2.45, 2.75) is 6.42 Å². The van der Waals surface area contributed by atoms with Gasteiger partial charge in [-0.3, -0.25) is 4.98 Å². The molecule has 2 aromatic heterocycles. The molecular formula is C22H20N4O. The largest absolute Gasteiger partial charge is 0.494 e. The quantitative estimate of drug-likeness (QED) is 0.491. The molecule has 0 aliphatic rings. The molecule has 0 saturated heterocycles. The number of pyridine rings is 1. The lowest BCUT2D eigenvalue weighted by Crippen LogP contribution is -2.09. The number of ether oxygens (including phenoxy) is 1. The van der Waals surface area contributed by atoms with Crippen molar-refractivity contribution in [1.82, 2.24) is 15.0 Å². The number of fused-ring (bicyclic) bond motifs is 1. The van der Waals surface area contributed by atoms with Gasteiger partial charge in [0.05, 0.1) is 12.1 Å². The van der Waals surface area contributed by atoms with Crippen LogP contribution in [-0.2, 0) is 0 Å². The first kappa shape index (κ1) is 17.0. The molecule has 0 amide bonds. The summed E-state index contributed by atoms with van der Waals surface area (Å²) < 4.78 is 5.74. The number of nitrogens with zero attached hydrogens (tertiary/aromatic N) is 3. The van der Waals surface area contributed by atoms with E-state index in [0.29, 0.717) is 12.4 Å². The average molecular weight is 356 g/mol. The zero-order chi connectivity index (χ0) is 18.3. The summed E-state index contributed by atoms with van der Waals surface area (Å²) in [5.74, 6) is 2.40. The van der Waals surface area contributed by atoms with Crippen LogP contribution in [0.2, 0.25) is 0 Å². The van der Waals surface area contributed by atoms with E-state index in [4.69, 9.17) is 9.72 Å². The summed E-state index contributed by atoms with van der Waals surface area (Å²) in [5, 5.41) is 4.44. The number of hydrogen-bond acceptors (Lipinski definition) is 5. The SMILES string of the molecule is c1ccc(OCCCNc2nc(-c3cccnc3)nc3ccccc23)cc1. The lowest BCUT2D eigenvalue weighted by molar-refractivity contribution is 0.315. The fourth-order valence-corrected chi connectivity index (χ4v) is 2.82. The number of rotatable bonds is 7. The summed E-state index contributed by atoms with van der Waals surface area (Å²) in [7, 11) is 0. The third-order valence-corrected chi connectivity index (χ3v) is 4.15. The van der Waals surface area contributed by atoms with E-state index in [9.17, 15) is 0 Å². The lowest BCUT2D eigenvalue weighted by Gasteiger charge is -2.11. The van der Waals surface area contributed by atoms with E-state index in [1.807, 2.05) is 66.7 Å². The zero-order valence-electron chi connectivity index (χ0n) is 14.9. The van der Waals surface area contributed by atoms with Gasteiger partial charge in [-0.2, -0.15) is 0 Å². The van der Waals surface area contributed by atoms with E-state index in [-0.39, 0.29) is 0 Å². The van der Waals surface area contributed by atoms with Crippen molar-refractivity contribution in [2.75, 3.05) is 18.5 Å². The van der Waals surface area contributed by atoms with E-state index in [1.54, 1.807) is 12.4 Å². The summed E-state index contributed by atoms with van der Waals surface area (Å²) in [4.78, 5) is 13.6. The second-order valence-electron chi connectivity index (χ2n) is 6.10. The van der Waals surface area contributed by atoms with Crippen LogP contribution in [-0.4, -0.2) is 28.1 Å². The van der Waals surface area contributed by atoms with E-state index >= 15 is 0 Å². The van der Waals surface area contributed by atoms with Crippen molar-refractivity contribution in [3.05, 3.63) is 79.1 Å². The van der Waals surface area contributed by atoms with Crippen LogP contribution in [0.1, 0.15) is 6.42 Å². The molecule has 0 aliphatic carbocycles. The Morgan fingerprint density at radius 3 is 2.56 bits per heavy atom. The summed E-state index contributed by atoms with van der Waals surface area (Å²) in [6, 6.07) is 21.7. The van der Waals surface area contributed by atoms with Gasteiger partial charge in [0.2, 0.25) is 0 Å². The Hall–Kier alpha value is -3.47. The van der Waals surface area contributed by atoms with E-state index < -0.39 is 0 Å². The summed E-state index contributed by atoms with van der Waals surface area (Å²) in [6.07, 6.45) is 4.40. The first-order valence-electron chi connectivity index (χ1n) is 8.99. The van der Waals surface area contributed by atoms with Crippen LogP contribution in [0.25, 0.3) is 22.3 Å². The third-order valence-electron chi connectivity index (χ3n) is 4.15. The van der Waals surface area contributed by atoms with Gasteiger partial charge in [0.1, 0.15) is 11.6 Å². The molecule has 5 heteroatoms. The predicted octanol–water partition coefficient (Wildman–Crippen LogP) is 4.57. The Morgan fingerprint density at radius 2 is 1.70 bits per heavy atom. The van der Waals surface area contributed by atoms with Crippen molar-refractivity contribution in [1.29, 1.82) is 0 Å². The van der Waals surface area contributed by atoms with Crippen molar-refractivity contribution >= 4 is 16.7 Å². The fourth-order valence-electron chi connectivity index (χ4n) is 2.82. The van der Waals surface area contributed by atoms with Gasteiger partial charge in [-0.25, -0.2) is 9.97 Å². The minimum absolute atomic E-state index is 0.648. The maximum atomic E-state index is 5.74. The zero-order valence-corrected chi connectivity index (χ0v) is 14.9. The van der Waals surface area contributed by atoms with Crippen LogP contribution >= 0.6 is 0 Å². The molecule has 4 rings (SSSR count). The minimum atomic E-state index is 0.648. The molecule has 2 heterocycles. The molecule has 0 radical (unpaired) electrons. The van der Waals surface area contributed by atoms with E-state index in [2.05, 4.69) is 15.3 Å². The Morgan fingerprint density at radius 1 is 0.852 bits per heavy atom. The molecule has 0 saturated carbocycles. The number of anilines is 1. The van der Waals surface area contributed by atoms with Crippen LogP contribution in [0.15, 0.2) is 79.1 Å². The number of benzene rings is 2. The highest BCUT2D eigenvalue weighted by atomic mass is 16.5. The van der Waals surface area contributed by atoms with Gasteiger partial charge in [-0.1, -0.05) is 30.3 Å². The van der Waals surface area contributed by atoms with Gasteiger partial charge < -0.3 is 10.1 Å². The highest BCUT2D eigenvalue weighted by Gasteiger charge is 2.09. The topological polar surface area (TPSA) is 59.9 Å². The second-order valence-corrected chi connectivity index (χ2v) is 6.10. The van der Waals surface area contributed by atoms with Crippen molar-refractivity contribution in [2.24, 2.45) is 0 Å². The van der Waals surface area contributed by atoms with Gasteiger partial charge >= 0.3 is 0 Å². The molecular weight excluding hydrogens is 336 g/mol. The second kappa shape index (κ2) is 8.27. The van der Waals surface area contributed by atoms with Gasteiger partial charge in [0.25, 0.3) is 0 Å². The number of para-hydroxylation sites is 2. The van der Waals surface area contributed by atoms with Gasteiger partial charge in [0, 0.05) is 29.9 Å². The predicted molar refractivity (Wildman–Crippen MR) is 108 cm³/mol. The van der Waals surface area contributed by atoms with E-state index in [0.717, 1.165) is 41.0 Å². The van der Waals surface area contributed by atoms with Gasteiger partial charge in [0.15, 0.2) is 5.82 Å². The lowest BCUT2D eigenvalue weighted by atomic mass is 10.2. The average Bonchev–Trinajstić information content (AvgIpc) is 2.74. The standard InChI is InChI=1S/C22H20N4O/c1-2-9-18(10-3-1)27-15-7-14-24-22-19-11-4-5-12-20(19)25-21(26-22)17-8-6-13-23-16-17/h1-6,8-13,16H,7,14-15H2,(H,24,25,26). The minimum Gasteiger partial charge on any atom is -0.494 e. The molecule has 0 fully saturated rings. The van der Waals surface area contributed by atoms with Gasteiger partial charge in [-0.05, 0) is 42.8 Å². The molecule has 0 bridgehead atoms. The number of aromatic nitrogens is 3. The smallest absolute Gasteiger partial charge is 0.163 e. The van der Waals surface area contributed by atoms with Gasteiger partial charge in [-0.15, -0.1) is 0 Å². The Balaban J connectivity index is 1.47. The Kier molecular flexibility index (Phi) is 5.20. The third kappa shape index (κ3) is 4.20. The maximum Gasteiger partial charge on any atom is 0.163 e. The normalized spacial score (nSPS) is 10.7. The molecule has 1 N–H and O–H groups in total. The number of hydrogen-bond donors (Lipinski definition) is 1. The van der Waals surface area contributed by atoms with Crippen molar-refractivity contribution < 1.29 is 4.74 Å². The molecule has 0 spiro atoms. The summed E-state index contributed by atoms with van der Waals surface area (Å²) >= 11 is 0. The highest BCUT2D eigenvalue weighted by Crippen LogP contribution is 2.24. The van der Waals surface area contributed by atoms with Crippen molar-refractivity contribution in [3.8, 4) is 17.1 Å². The Labute approximate surface area is 158 Å². The van der Waals surface area contributed by atoms with Crippen LogP contribution in [0, 0.1) is 0 Å². The summed E-state index contributed by atoms with van der Waals surface area (Å²) in [6.45, 7) is 1.41. The molecule has 0 aliphatic heterocycles. The first-order chi connectivity index (χ1) is 13.4.